The van der Waals surface area contributed by atoms with Crippen LogP contribution in [0.2, 0.25) is 0 Å². The van der Waals surface area contributed by atoms with E-state index in [0.29, 0.717) is 11.4 Å². The zero-order valence-electron chi connectivity index (χ0n) is 38.1. The molecule has 0 saturated heterocycles. The molecule has 0 spiro atoms. The number of aromatic nitrogens is 4. The van der Waals surface area contributed by atoms with E-state index in [1.54, 1.807) is 18.5 Å². The quantitative estimate of drug-likeness (QED) is 0.123. The average molecular weight is 1040 g/mol. The van der Waals surface area contributed by atoms with Crippen molar-refractivity contribution >= 4 is 54.5 Å². The minimum atomic E-state index is -0.305. The Kier molecular flexibility index (Phi) is 12.0. The van der Waals surface area contributed by atoms with E-state index in [4.69, 9.17) is 9.40 Å². The summed E-state index contributed by atoms with van der Waals surface area (Å²) in [5.41, 5.74) is 12.6. The number of para-hydroxylation sites is 2. The second-order valence-corrected chi connectivity index (χ2v) is 18.5. The van der Waals surface area contributed by atoms with Crippen molar-refractivity contribution < 1.29 is 28.9 Å². The van der Waals surface area contributed by atoms with Gasteiger partial charge in [0.05, 0.1) is 28.3 Å². The van der Waals surface area contributed by atoms with Crippen LogP contribution in [0.3, 0.4) is 0 Å². The van der Waals surface area contributed by atoms with Gasteiger partial charge in [0.2, 0.25) is 0 Å². The predicted octanol–water partition coefficient (Wildman–Crippen LogP) is 16.0. The predicted molar refractivity (Wildman–Crippen MR) is 266 cm³/mol. The summed E-state index contributed by atoms with van der Waals surface area (Å²) in [7, 11) is 0. The van der Waals surface area contributed by atoms with Gasteiger partial charge in [-0.25, -0.2) is 0 Å². The molecule has 0 aliphatic carbocycles. The first-order chi connectivity index (χ1) is 31.4. The van der Waals surface area contributed by atoms with Crippen LogP contribution in [0, 0.1) is 17.9 Å². The minimum Gasteiger partial charge on any atom is -0.501 e. The molecule has 0 aliphatic heterocycles. The van der Waals surface area contributed by atoms with Gasteiger partial charge in [-0.1, -0.05) is 138 Å². The number of hydrogen-bond acceptors (Lipinski definition) is 4. The van der Waals surface area contributed by atoms with Crippen LogP contribution in [-0.4, -0.2) is 19.5 Å². The van der Waals surface area contributed by atoms with Crippen molar-refractivity contribution in [1.82, 2.24) is 19.5 Å². The molecule has 0 bridgehead atoms. The molecule has 0 unspecified atom stereocenters. The van der Waals surface area contributed by atoms with Gasteiger partial charge in [0.1, 0.15) is 5.58 Å². The van der Waals surface area contributed by atoms with Crippen LogP contribution in [0.25, 0.3) is 94.1 Å². The molecule has 5 nitrogen and oxygen atoms in total. The molecule has 0 fully saturated rings. The number of imidazole rings is 1. The van der Waals surface area contributed by atoms with Crippen LogP contribution in [0.1, 0.15) is 77.0 Å². The van der Waals surface area contributed by atoms with Gasteiger partial charge in [-0.05, 0) is 103 Å². The smallest absolute Gasteiger partial charge is 0.121 e. The summed E-state index contributed by atoms with van der Waals surface area (Å²) in [6, 6.07) is 56.2. The molecule has 11 rings (SSSR count). The SMILES string of the molecule is CC(C)(C)c1cnc(-c2[c-]cc(F)cc2)nc1.CC(C)c1cc(-c2ccccc2)cc(C(C)C)c1-n1c(-c2[c-]ccc3c2oc2cc4c(ccc5ccccc54)cc23)nc2ccccc21.[Ir]. The zero-order valence-corrected chi connectivity index (χ0v) is 40.5. The van der Waals surface area contributed by atoms with Crippen molar-refractivity contribution in [2.24, 2.45) is 0 Å². The van der Waals surface area contributed by atoms with Crippen molar-refractivity contribution in [3.63, 3.8) is 0 Å². The number of hydrogen-bond donors (Lipinski definition) is 0. The Morgan fingerprint density at radius 1 is 0.636 bits per heavy atom. The van der Waals surface area contributed by atoms with E-state index in [0.717, 1.165) is 49.9 Å². The van der Waals surface area contributed by atoms with E-state index in [-0.39, 0.29) is 43.2 Å². The maximum Gasteiger partial charge on any atom is 0.121 e. The van der Waals surface area contributed by atoms with Crippen molar-refractivity contribution in [2.75, 3.05) is 0 Å². The van der Waals surface area contributed by atoms with Crippen molar-refractivity contribution in [3.8, 4) is 39.6 Å². The molecule has 0 N–H and O–H groups in total. The summed E-state index contributed by atoms with van der Waals surface area (Å²) in [6.45, 7) is 15.5. The first-order valence-corrected chi connectivity index (χ1v) is 22.3. The summed E-state index contributed by atoms with van der Waals surface area (Å²) in [4.78, 5) is 13.9. The molecule has 0 atom stereocenters. The largest absolute Gasteiger partial charge is 0.501 e. The molecule has 7 heteroatoms. The van der Waals surface area contributed by atoms with E-state index in [2.05, 4.69) is 196 Å². The first-order valence-electron chi connectivity index (χ1n) is 22.3. The topological polar surface area (TPSA) is 56.7 Å². The Hall–Kier alpha value is -6.79. The van der Waals surface area contributed by atoms with E-state index >= 15 is 0 Å². The van der Waals surface area contributed by atoms with Gasteiger partial charge in [-0.3, -0.25) is 19.3 Å². The maximum absolute atomic E-state index is 12.8. The second-order valence-electron chi connectivity index (χ2n) is 18.5. The molecule has 11 aromatic rings. The molecule has 1 radical (unpaired) electrons. The molecule has 0 saturated carbocycles. The maximum atomic E-state index is 12.8. The molecular weight excluding hydrogens is 992 g/mol. The Balaban J connectivity index is 0.000000257. The summed E-state index contributed by atoms with van der Waals surface area (Å²) in [5.74, 6) is 1.66. The number of benzene rings is 8. The number of halogens is 1. The van der Waals surface area contributed by atoms with Crippen LogP contribution in [-0.2, 0) is 25.5 Å². The molecule has 0 amide bonds. The van der Waals surface area contributed by atoms with E-state index < -0.39 is 0 Å². The van der Waals surface area contributed by atoms with Gasteiger partial charge >= 0.3 is 0 Å². The second kappa shape index (κ2) is 17.9. The minimum absolute atomic E-state index is 0. The van der Waals surface area contributed by atoms with E-state index in [1.165, 1.54) is 61.6 Å². The van der Waals surface area contributed by atoms with Crippen molar-refractivity contribution in [1.29, 1.82) is 0 Å². The summed E-state index contributed by atoms with van der Waals surface area (Å²) in [5, 5.41) is 7.02. The summed E-state index contributed by atoms with van der Waals surface area (Å²) < 4.78 is 22.0. The van der Waals surface area contributed by atoms with Crippen molar-refractivity contribution in [3.05, 3.63) is 193 Å². The van der Waals surface area contributed by atoms with Gasteiger partial charge in [0.25, 0.3) is 0 Å². The molecule has 0 aliphatic rings. The van der Waals surface area contributed by atoms with Crippen molar-refractivity contribution in [2.45, 2.75) is 65.7 Å². The summed E-state index contributed by atoms with van der Waals surface area (Å²) in [6.07, 6.45) is 3.61. The number of nitrogens with zero attached hydrogens (tertiary/aromatic N) is 4. The van der Waals surface area contributed by atoms with E-state index in [9.17, 15) is 4.39 Å². The zero-order chi connectivity index (χ0) is 45.0. The Morgan fingerprint density at radius 2 is 1.32 bits per heavy atom. The Morgan fingerprint density at radius 3 is 2.02 bits per heavy atom. The molecule has 3 heterocycles. The van der Waals surface area contributed by atoms with Gasteiger partial charge in [-0.2, -0.15) is 0 Å². The number of rotatable bonds is 6. The third-order valence-electron chi connectivity index (χ3n) is 12.4. The van der Waals surface area contributed by atoms with Crippen LogP contribution in [0.15, 0.2) is 162 Å². The fraction of sp³-hybridized carbons (Fsp3) is 0.169. The van der Waals surface area contributed by atoms with Gasteiger partial charge in [0.15, 0.2) is 0 Å². The fourth-order valence-corrected chi connectivity index (χ4v) is 8.84. The monoisotopic (exact) mass is 1040 g/mol. The number of fused-ring (bicyclic) bond motifs is 7. The molecular formula is C59H49FIrN4O-2. The van der Waals surface area contributed by atoms with E-state index in [1.807, 2.05) is 6.07 Å². The van der Waals surface area contributed by atoms with Crippen LogP contribution in [0.5, 0.6) is 0 Å². The molecule has 329 valence electrons. The Labute approximate surface area is 398 Å². The van der Waals surface area contributed by atoms with Crippen LogP contribution in [0.4, 0.5) is 4.39 Å². The summed E-state index contributed by atoms with van der Waals surface area (Å²) >= 11 is 0. The normalized spacial score (nSPS) is 11.8. The average Bonchev–Trinajstić information content (AvgIpc) is 3.89. The Bertz CT molecular complexity index is 3500. The molecule has 66 heavy (non-hydrogen) atoms. The van der Waals surface area contributed by atoms with Gasteiger partial charge < -0.3 is 8.98 Å². The van der Waals surface area contributed by atoms with Gasteiger partial charge in [0, 0.05) is 49.4 Å². The first kappa shape index (κ1) is 44.4. The molecule has 3 aromatic heterocycles. The van der Waals surface area contributed by atoms with Crippen LogP contribution < -0.4 is 0 Å². The number of furan rings is 1. The standard InChI is InChI=1S/C45H35N2O.C14H14FN2.Ir/c1-27(2)36-24-32(29-13-6-5-7-14-29)25-37(28(3)4)43(36)47-41-20-11-10-19-40(41)46-45(47)35-18-12-17-34-39-23-31-22-21-30-15-8-9-16-33(30)38(31)26-42(39)48-44(34)35;1-14(2,3)11-8-16-13(17-9-11)10-4-6-12(15)7-5-10;/h5-17,19-28H,1-4H3;4,6-9H,1-3H3;/q2*-1;. The third kappa shape index (κ3) is 8.23. The van der Waals surface area contributed by atoms with Crippen LogP contribution >= 0.6 is 0 Å². The third-order valence-corrected chi connectivity index (χ3v) is 12.4. The fourth-order valence-electron chi connectivity index (χ4n) is 8.84. The van der Waals surface area contributed by atoms with Gasteiger partial charge in [-0.15, -0.1) is 48.0 Å². The molecule has 8 aromatic carbocycles.